The van der Waals surface area contributed by atoms with Crippen LogP contribution in [0.15, 0.2) is 47.5 Å². The number of halogens is 1. The lowest BCUT2D eigenvalue weighted by Crippen LogP contribution is -2.27. The van der Waals surface area contributed by atoms with E-state index in [2.05, 4.69) is 10.3 Å². The fraction of sp³-hybridized carbons (Fsp3) is 0.250. The van der Waals surface area contributed by atoms with Crippen LogP contribution in [0.2, 0.25) is 5.02 Å². The van der Waals surface area contributed by atoms with Crippen LogP contribution in [-0.4, -0.2) is 44.3 Å². The van der Waals surface area contributed by atoms with E-state index in [0.717, 1.165) is 10.00 Å². The van der Waals surface area contributed by atoms with Crippen LogP contribution in [0, 0.1) is 0 Å². The highest BCUT2D eigenvalue weighted by Crippen LogP contribution is 2.22. The first kappa shape index (κ1) is 18.4. The summed E-state index contributed by atoms with van der Waals surface area (Å²) in [7, 11) is -0.774. The minimum Gasteiger partial charge on any atom is -0.352 e. The molecule has 0 bridgehead atoms. The van der Waals surface area contributed by atoms with Crippen LogP contribution in [-0.2, 0) is 16.4 Å². The molecule has 2 aromatic rings. The lowest BCUT2D eigenvalue weighted by atomic mass is 10.2. The predicted molar refractivity (Wildman–Crippen MR) is 92.6 cm³/mol. The van der Waals surface area contributed by atoms with Crippen molar-refractivity contribution in [3.8, 4) is 0 Å². The van der Waals surface area contributed by atoms with Crippen LogP contribution < -0.4 is 5.32 Å². The summed E-state index contributed by atoms with van der Waals surface area (Å²) in [6.07, 6.45) is 2.25. The number of sulfonamides is 1. The molecule has 0 aliphatic rings. The van der Waals surface area contributed by atoms with Gasteiger partial charge in [0.1, 0.15) is 0 Å². The SMILES string of the molecule is CN(C)S(=O)(=O)c1ccc(Cl)c(C(=O)NCCc2ccccn2)c1. The molecule has 0 aliphatic carbocycles. The highest BCUT2D eigenvalue weighted by molar-refractivity contribution is 7.89. The van der Waals surface area contributed by atoms with Gasteiger partial charge in [0.25, 0.3) is 5.91 Å². The summed E-state index contributed by atoms with van der Waals surface area (Å²) >= 11 is 6.04. The Kier molecular flexibility index (Phi) is 5.93. The summed E-state index contributed by atoms with van der Waals surface area (Å²) in [4.78, 5) is 16.5. The second-order valence-electron chi connectivity index (χ2n) is 5.26. The first-order chi connectivity index (χ1) is 11.3. The summed E-state index contributed by atoms with van der Waals surface area (Å²) < 4.78 is 25.4. The molecule has 8 heteroatoms. The lowest BCUT2D eigenvalue weighted by Gasteiger charge is -2.13. The highest BCUT2D eigenvalue weighted by Gasteiger charge is 2.20. The Labute approximate surface area is 146 Å². The van der Waals surface area contributed by atoms with Crippen molar-refractivity contribution < 1.29 is 13.2 Å². The second-order valence-corrected chi connectivity index (χ2v) is 7.82. The summed E-state index contributed by atoms with van der Waals surface area (Å²) in [6.45, 7) is 0.372. The molecule has 2 rings (SSSR count). The van der Waals surface area contributed by atoms with Gasteiger partial charge in [-0.05, 0) is 30.3 Å². The van der Waals surface area contributed by atoms with E-state index in [-0.39, 0.29) is 15.5 Å². The zero-order valence-corrected chi connectivity index (χ0v) is 14.9. The molecule has 0 aliphatic heterocycles. The van der Waals surface area contributed by atoms with Gasteiger partial charge in [0.2, 0.25) is 10.0 Å². The van der Waals surface area contributed by atoms with Crippen LogP contribution in [0.4, 0.5) is 0 Å². The summed E-state index contributed by atoms with van der Waals surface area (Å²) in [5.41, 5.74) is 0.980. The molecule has 0 saturated carbocycles. The molecule has 1 N–H and O–H groups in total. The number of pyridine rings is 1. The molecule has 0 spiro atoms. The Morgan fingerprint density at radius 1 is 1.25 bits per heavy atom. The van der Waals surface area contributed by atoms with Gasteiger partial charge in [-0.2, -0.15) is 0 Å². The maximum Gasteiger partial charge on any atom is 0.252 e. The number of hydrogen-bond donors (Lipinski definition) is 1. The number of carbonyl (C=O) groups excluding carboxylic acids is 1. The molecule has 1 aromatic carbocycles. The molecule has 0 unspecified atom stereocenters. The van der Waals surface area contributed by atoms with Crippen molar-refractivity contribution in [2.45, 2.75) is 11.3 Å². The van der Waals surface area contributed by atoms with Crippen molar-refractivity contribution in [2.75, 3.05) is 20.6 Å². The van der Waals surface area contributed by atoms with Crippen LogP contribution in [0.1, 0.15) is 16.1 Å². The van der Waals surface area contributed by atoms with Crippen molar-refractivity contribution >= 4 is 27.5 Å². The minimum atomic E-state index is -3.63. The average molecular weight is 368 g/mol. The quantitative estimate of drug-likeness (QED) is 0.846. The van der Waals surface area contributed by atoms with Gasteiger partial charge in [-0.15, -0.1) is 0 Å². The van der Waals surface area contributed by atoms with Crippen molar-refractivity contribution in [2.24, 2.45) is 0 Å². The standard InChI is InChI=1S/C16H18ClN3O3S/c1-20(2)24(22,23)13-6-7-15(17)14(11-13)16(21)19-10-8-12-5-3-4-9-18-12/h3-7,9,11H,8,10H2,1-2H3,(H,19,21). The highest BCUT2D eigenvalue weighted by atomic mass is 35.5. The van der Waals surface area contributed by atoms with Gasteiger partial charge in [0.05, 0.1) is 15.5 Å². The number of hydrogen-bond acceptors (Lipinski definition) is 4. The van der Waals surface area contributed by atoms with E-state index < -0.39 is 15.9 Å². The van der Waals surface area contributed by atoms with Crippen molar-refractivity contribution in [3.63, 3.8) is 0 Å². The zero-order chi connectivity index (χ0) is 17.7. The van der Waals surface area contributed by atoms with Crippen LogP contribution in [0.3, 0.4) is 0 Å². The molecule has 1 heterocycles. The zero-order valence-electron chi connectivity index (χ0n) is 13.4. The average Bonchev–Trinajstić information content (AvgIpc) is 2.55. The molecule has 0 saturated heterocycles. The molecular weight excluding hydrogens is 350 g/mol. The molecular formula is C16H18ClN3O3S. The fourth-order valence-electron chi connectivity index (χ4n) is 1.99. The molecule has 128 valence electrons. The second kappa shape index (κ2) is 7.74. The number of amides is 1. The number of benzene rings is 1. The number of nitrogens with one attached hydrogen (secondary N) is 1. The summed E-state index contributed by atoms with van der Waals surface area (Å²) in [6, 6.07) is 9.63. The van der Waals surface area contributed by atoms with E-state index in [4.69, 9.17) is 11.6 Å². The third-order valence-electron chi connectivity index (χ3n) is 3.35. The first-order valence-electron chi connectivity index (χ1n) is 7.22. The van der Waals surface area contributed by atoms with E-state index in [9.17, 15) is 13.2 Å². The smallest absolute Gasteiger partial charge is 0.252 e. The monoisotopic (exact) mass is 367 g/mol. The molecule has 0 radical (unpaired) electrons. The topological polar surface area (TPSA) is 79.4 Å². The Hall–Kier alpha value is -1.96. The predicted octanol–water partition coefficient (Wildman–Crippen LogP) is 1.96. The van der Waals surface area contributed by atoms with E-state index in [1.165, 1.54) is 32.3 Å². The largest absolute Gasteiger partial charge is 0.352 e. The lowest BCUT2D eigenvalue weighted by molar-refractivity contribution is 0.0954. The normalized spacial score (nSPS) is 11.5. The molecule has 0 atom stereocenters. The molecule has 1 aromatic heterocycles. The van der Waals surface area contributed by atoms with Crippen LogP contribution >= 0.6 is 11.6 Å². The molecule has 0 fully saturated rings. The van der Waals surface area contributed by atoms with Crippen LogP contribution in [0.25, 0.3) is 0 Å². The van der Waals surface area contributed by atoms with Gasteiger partial charge in [0, 0.05) is 39.0 Å². The summed E-state index contributed by atoms with van der Waals surface area (Å²) in [5, 5.41) is 2.92. The van der Waals surface area contributed by atoms with Gasteiger partial charge in [-0.3, -0.25) is 9.78 Å². The number of carbonyl (C=O) groups is 1. The minimum absolute atomic E-state index is 0.0202. The van der Waals surface area contributed by atoms with Crippen molar-refractivity contribution in [1.29, 1.82) is 0 Å². The van der Waals surface area contributed by atoms with E-state index in [0.29, 0.717) is 13.0 Å². The Balaban J connectivity index is 2.11. The van der Waals surface area contributed by atoms with E-state index in [1.807, 2.05) is 18.2 Å². The maximum atomic E-state index is 12.3. The first-order valence-corrected chi connectivity index (χ1v) is 9.04. The molecule has 1 amide bonds. The Bertz CT molecular complexity index is 824. The van der Waals surface area contributed by atoms with E-state index >= 15 is 0 Å². The van der Waals surface area contributed by atoms with Gasteiger partial charge < -0.3 is 5.32 Å². The number of rotatable bonds is 6. The maximum absolute atomic E-state index is 12.3. The summed E-state index contributed by atoms with van der Waals surface area (Å²) in [5.74, 6) is -0.424. The number of nitrogens with zero attached hydrogens (tertiary/aromatic N) is 2. The van der Waals surface area contributed by atoms with Gasteiger partial charge in [-0.1, -0.05) is 17.7 Å². The Morgan fingerprint density at radius 2 is 2.00 bits per heavy atom. The Morgan fingerprint density at radius 3 is 2.62 bits per heavy atom. The number of aromatic nitrogens is 1. The van der Waals surface area contributed by atoms with E-state index in [1.54, 1.807) is 6.20 Å². The van der Waals surface area contributed by atoms with Crippen molar-refractivity contribution in [1.82, 2.24) is 14.6 Å². The van der Waals surface area contributed by atoms with Crippen molar-refractivity contribution in [3.05, 3.63) is 58.9 Å². The van der Waals surface area contributed by atoms with Gasteiger partial charge in [-0.25, -0.2) is 12.7 Å². The third-order valence-corrected chi connectivity index (χ3v) is 5.49. The third kappa shape index (κ3) is 4.31. The van der Waals surface area contributed by atoms with Gasteiger partial charge >= 0.3 is 0 Å². The molecule has 24 heavy (non-hydrogen) atoms. The van der Waals surface area contributed by atoms with Gasteiger partial charge in [0.15, 0.2) is 0 Å². The molecule has 6 nitrogen and oxygen atoms in total. The van der Waals surface area contributed by atoms with Crippen LogP contribution in [0.5, 0.6) is 0 Å². The fourth-order valence-corrected chi connectivity index (χ4v) is 3.13.